The number of benzene rings is 2. The molecular weight excluding hydrogens is 400 g/mol. The van der Waals surface area contributed by atoms with Crippen LogP contribution in [0.3, 0.4) is 0 Å². The van der Waals surface area contributed by atoms with Crippen molar-refractivity contribution in [3.8, 4) is 5.75 Å². The molecule has 154 valence electrons. The Labute approximate surface area is 178 Å². The highest BCUT2D eigenvalue weighted by Crippen LogP contribution is 2.28. The summed E-state index contributed by atoms with van der Waals surface area (Å²) in [4.78, 5) is 32.2. The molecule has 0 spiro atoms. The zero-order valence-electron chi connectivity index (χ0n) is 16.8. The number of anilines is 2. The van der Waals surface area contributed by atoms with Gasteiger partial charge in [0.15, 0.2) is 5.13 Å². The van der Waals surface area contributed by atoms with E-state index in [2.05, 4.69) is 27.8 Å². The first-order valence-electron chi connectivity index (χ1n) is 9.59. The van der Waals surface area contributed by atoms with Crippen LogP contribution in [0.4, 0.5) is 15.6 Å². The van der Waals surface area contributed by atoms with Crippen LogP contribution in [0.2, 0.25) is 0 Å². The molecule has 0 fully saturated rings. The zero-order valence-corrected chi connectivity index (χ0v) is 17.6. The van der Waals surface area contributed by atoms with Gasteiger partial charge in [-0.2, -0.15) is 0 Å². The molecule has 3 aromatic rings. The van der Waals surface area contributed by atoms with Gasteiger partial charge in [-0.1, -0.05) is 47.7 Å². The van der Waals surface area contributed by atoms with Gasteiger partial charge in [0, 0.05) is 13.1 Å². The molecular formula is C22H22N4O3S. The molecule has 0 saturated heterocycles. The van der Waals surface area contributed by atoms with E-state index >= 15 is 0 Å². The van der Waals surface area contributed by atoms with Crippen molar-refractivity contribution in [2.75, 3.05) is 24.3 Å². The number of thiazole rings is 1. The van der Waals surface area contributed by atoms with E-state index in [1.54, 1.807) is 32.2 Å². The quantitative estimate of drug-likeness (QED) is 0.657. The molecule has 1 aliphatic heterocycles. The van der Waals surface area contributed by atoms with Crippen molar-refractivity contribution >= 4 is 34.1 Å². The second kappa shape index (κ2) is 8.54. The number of carbonyl (C=O) groups is 2. The minimum absolute atomic E-state index is 0.0577. The van der Waals surface area contributed by atoms with Crippen molar-refractivity contribution in [3.63, 3.8) is 0 Å². The first-order chi connectivity index (χ1) is 14.5. The summed E-state index contributed by atoms with van der Waals surface area (Å²) >= 11 is 1.19. The summed E-state index contributed by atoms with van der Waals surface area (Å²) in [5.41, 5.74) is 3.62. The summed E-state index contributed by atoms with van der Waals surface area (Å²) in [6, 6.07) is 14.9. The SMILES string of the molecule is COc1ccccc1NC(=O)Nc1nc(C)c(C(=O)N2CCc3ccccc3C2)s1. The number of aromatic nitrogens is 1. The molecule has 3 amide bonds. The first kappa shape index (κ1) is 19.9. The van der Waals surface area contributed by atoms with Crippen LogP contribution in [-0.4, -0.2) is 35.5 Å². The summed E-state index contributed by atoms with van der Waals surface area (Å²) in [6.45, 7) is 3.04. The number of amides is 3. The van der Waals surface area contributed by atoms with Crippen LogP contribution in [0.25, 0.3) is 0 Å². The van der Waals surface area contributed by atoms with E-state index in [9.17, 15) is 9.59 Å². The van der Waals surface area contributed by atoms with Gasteiger partial charge in [0.25, 0.3) is 5.91 Å². The van der Waals surface area contributed by atoms with Gasteiger partial charge in [0.05, 0.1) is 18.5 Å². The monoisotopic (exact) mass is 422 g/mol. The Kier molecular flexibility index (Phi) is 5.67. The molecule has 4 rings (SSSR count). The van der Waals surface area contributed by atoms with Gasteiger partial charge in [-0.15, -0.1) is 0 Å². The molecule has 8 heteroatoms. The third-order valence-corrected chi connectivity index (χ3v) is 6.05. The molecule has 7 nitrogen and oxygen atoms in total. The average Bonchev–Trinajstić information content (AvgIpc) is 3.12. The zero-order chi connectivity index (χ0) is 21.1. The van der Waals surface area contributed by atoms with Crippen LogP contribution in [0, 0.1) is 6.92 Å². The summed E-state index contributed by atoms with van der Waals surface area (Å²) < 4.78 is 5.24. The van der Waals surface area contributed by atoms with E-state index in [0.29, 0.717) is 40.2 Å². The van der Waals surface area contributed by atoms with Crippen LogP contribution in [0.5, 0.6) is 5.75 Å². The standard InChI is InChI=1S/C22H22N4O3S/c1-14-19(20(27)26-12-11-15-7-3-4-8-16(15)13-26)30-22(23-14)25-21(28)24-17-9-5-6-10-18(17)29-2/h3-10H,11-13H2,1-2H3,(H2,23,24,25,28). The van der Waals surface area contributed by atoms with Gasteiger partial charge in [-0.3, -0.25) is 10.1 Å². The predicted molar refractivity (Wildman–Crippen MR) is 117 cm³/mol. The average molecular weight is 423 g/mol. The summed E-state index contributed by atoms with van der Waals surface area (Å²) in [6.07, 6.45) is 0.839. The van der Waals surface area contributed by atoms with Crippen molar-refractivity contribution in [2.45, 2.75) is 19.9 Å². The maximum Gasteiger partial charge on any atom is 0.325 e. The number of urea groups is 1. The molecule has 0 radical (unpaired) electrons. The van der Waals surface area contributed by atoms with Gasteiger partial charge >= 0.3 is 6.03 Å². The largest absolute Gasteiger partial charge is 0.495 e. The topological polar surface area (TPSA) is 83.6 Å². The van der Waals surface area contributed by atoms with E-state index in [-0.39, 0.29) is 5.91 Å². The Morgan fingerprint density at radius 3 is 2.60 bits per heavy atom. The minimum atomic E-state index is -0.445. The summed E-state index contributed by atoms with van der Waals surface area (Å²) in [7, 11) is 1.54. The molecule has 0 atom stereocenters. The molecule has 1 aliphatic rings. The Morgan fingerprint density at radius 1 is 1.07 bits per heavy atom. The van der Waals surface area contributed by atoms with E-state index in [1.807, 2.05) is 23.1 Å². The Morgan fingerprint density at radius 2 is 1.80 bits per heavy atom. The smallest absolute Gasteiger partial charge is 0.325 e. The number of nitrogens with one attached hydrogen (secondary N) is 2. The third kappa shape index (κ3) is 4.13. The number of carbonyl (C=O) groups excluding carboxylic acids is 2. The lowest BCUT2D eigenvalue weighted by Crippen LogP contribution is -2.35. The lowest BCUT2D eigenvalue weighted by molar-refractivity contribution is 0.0738. The molecule has 0 aliphatic carbocycles. The van der Waals surface area contributed by atoms with Crippen LogP contribution in [-0.2, 0) is 13.0 Å². The van der Waals surface area contributed by atoms with Gasteiger partial charge in [0.2, 0.25) is 0 Å². The number of methoxy groups -OCH3 is 1. The Bertz CT molecular complexity index is 1100. The van der Waals surface area contributed by atoms with Crippen LogP contribution < -0.4 is 15.4 Å². The maximum atomic E-state index is 13.1. The molecule has 1 aromatic heterocycles. The van der Waals surface area contributed by atoms with Crippen LogP contribution in [0.1, 0.15) is 26.5 Å². The number of fused-ring (bicyclic) bond motifs is 1. The summed E-state index contributed by atoms with van der Waals surface area (Å²) in [5, 5.41) is 5.82. The molecule has 0 saturated carbocycles. The normalized spacial score (nSPS) is 12.8. The Hall–Kier alpha value is -3.39. The van der Waals surface area contributed by atoms with E-state index in [1.165, 1.54) is 22.5 Å². The van der Waals surface area contributed by atoms with Crippen molar-refractivity contribution < 1.29 is 14.3 Å². The highest BCUT2D eigenvalue weighted by atomic mass is 32.1. The number of hydrogen-bond acceptors (Lipinski definition) is 5. The number of ether oxygens (including phenoxy) is 1. The second-order valence-electron chi connectivity index (χ2n) is 6.96. The molecule has 2 heterocycles. The fourth-order valence-corrected chi connectivity index (χ4v) is 4.39. The lowest BCUT2D eigenvalue weighted by Gasteiger charge is -2.28. The molecule has 2 aromatic carbocycles. The molecule has 2 N–H and O–H groups in total. The van der Waals surface area contributed by atoms with Crippen molar-refractivity contribution in [3.05, 3.63) is 70.2 Å². The number of aryl methyl sites for hydroxylation is 1. The second-order valence-corrected chi connectivity index (χ2v) is 7.96. The number of rotatable bonds is 4. The highest BCUT2D eigenvalue weighted by molar-refractivity contribution is 7.17. The maximum absolute atomic E-state index is 13.1. The summed E-state index contributed by atoms with van der Waals surface area (Å²) in [5.74, 6) is 0.502. The lowest BCUT2D eigenvalue weighted by atomic mass is 10.00. The number of hydrogen-bond donors (Lipinski definition) is 2. The number of nitrogens with zero attached hydrogens (tertiary/aromatic N) is 2. The van der Waals surface area contributed by atoms with E-state index in [4.69, 9.17) is 4.74 Å². The fraction of sp³-hybridized carbons (Fsp3) is 0.227. The highest BCUT2D eigenvalue weighted by Gasteiger charge is 2.25. The predicted octanol–water partition coefficient (Wildman–Crippen LogP) is 4.30. The number of para-hydroxylation sites is 2. The van der Waals surface area contributed by atoms with Gasteiger partial charge in [-0.25, -0.2) is 9.78 Å². The van der Waals surface area contributed by atoms with Crippen LogP contribution >= 0.6 is 11.3 Å². The van der Waals surface area contributed by atoms with Crippen molar-refractivity contribution in [1.29, 1.82) is 0 Å². The third-order valence-electron chi connectivity index (χ3n) is 4.98. The van der Waals surface area contributed by atoms with Crippen molar-refractivity contribution in [2.24, 2.45) is 0 Å². The Balaban J connectivity index is 1.44. The fourth-order valence-electron chi connectivity index (χ4n) is 3.46. The first-order valence-corrected chi connectivity index (χ1v) is 10.4. The molecule has 0 unspecified atom stereocenters. The minimum Gasteiger partial charge on any atom is -0.495 e. The van der Waals surface area contributed by atoms with Crippen molar-refractivity contribution in [1.82, 2.24) is 9.88 Å². The molecule has 30 heavy (non-hydrogen) atoms. The van der Waals surface area contributed by atoms with E-state index in [0.717, 1.165) is 6.42 Å². The van der Waals surface area contributed by atoms with Crippen LogP contribution in [0.15, 0.2) is 48.5 Å². The molecule has 0 bridgehead atoms. The van der Waals surface area contributed by atoms with Gasteiger partial charge in [0.1, 0.15) is 10.6 Å². The van der Waals surface area contributed by atoms with Gasteiger partial charge in [-0.05, 0) is 36.6 Å². The van der Waals surface area contributed by atoms with E-state index < -0.39 is 6.03 Å². The van der Waals surface area contributed by atoms with Gasteiger partial charge < -0.3 is 15.0 Å².